The molecule has 0 bridgehead atoms. The standard InChI is InChI=1S/C25H35ClN14O5S/c1-46(44,45)15-2-3-16-14(12-15)6-9-39(16)18(42)5-4-17(41)38-10-7-25(8-11-38)13-40(29)24(33-25)32-23(43)19-21(34-36-27)31-22(35-37-28)20(26)30-19/h2-3,12,19,21,30-31H,4-11,13,29H2,1H3,(H2,27,34)(H2,28,35)(H,32,33,43). The van der Waals surface area contributed by atoms with E-state index >= 15 is 0 Å². The highest BCUT2D eigenvalue weighted by molar-refractivity contribution is 7.90. The molecule has 2 atom stereocenters. The molecule has 1 spiro atoms. The number of nitrogens with zero attached hydrogens (tertiary/aromatic N) is 8. The Bertz CT molecular complexity index is 1640. The van der Waals surface area contributed by atoms with E-state index < -0.39 is 33.5 Å². The Morgan fingerprint density at radius 1 is 1.07 bits per heavy atom. The van der Waals surface area contributed by atoms with Gasteiger partial charge in [0.25, 0.3) is 5.91 Å². The second kappa shape index (κ2) is 13.0. The number of halogens is 1. The minimum absolute atomic E-state index is 0.0338. The fourth-order valence-electron chi connectivity index (χ4n) is 5.92. The van der Waals surface area contributed by atoms with Crippen LogP contribution in [-0.2, 0) is 30.6 Å². The molecule has 0 radical (unpaired) electrons. The number of piperidine rings is 1. The highest BCUT2D eigenvalue weighted by Crippen LogP contribution is 2.31. The molecule has 5 rings (SSSR count). The summed E-state index contributed by atoms with van der Waals surface area (Å²) in [5.74, 6) is 15.7. The number of nitrogens with one attached hydrogen (secondary N) is 3. The average Bonchev–Trinajstić information content (AvgIpc) is 3.57. The Kier molecular flexibility index (Phi) is 9.31. The quantitative estimate of drug-likeness (QED) is 0.0849. The van der Waals surface area contributed by atoms with Crippen LogP contribution < -0.4 is 38.4 Å². The number of hydrazine groups is 1. The first-order chi connectivity index (χ1) is 21.8. The van der Waals surface area contributed by atoms with Gasteiger partial charge >= 0.3 is 0 Å². The molecule has 248 valence electrons. The van der Waals surface area contributed by atoms with Crippen molar-refractivity contribution in [3.05, 3.63) is 34.7 Å². The summed E-state index contributed by atoms with van der Waals surface area (Å²) < 4.78 is 23.8. The summed E-state index contributed by atoms with van der Waals surface area (Å²) in [6.45, 7) is 1.62. The third-order valence-electron chi connectivity index (χ3n) is 8.35. The van der Waals surface area contributed by atoms with Crippen molar-refractivity contribution in [1.82, 2.24) is 25.9 Å². The lowest BCUT2D eigenvalue weighted by Crippen LogP contribution is -2.55. The summed E-state index contributed by atoms with van der Waals surface area (Å²) >= 11 is 6.15. The maximum absolute atomic E-state index is 13.1. The van der Waals surface area contributed by atoms with Gasteiger partial charge in [-0.1, -0.05) is 22.0 Å². The number of nitrogens with two attached hydrogens (primary N) is 3. The number of hydrogen-bond acceptors (Lipinski definition) is 12. The molecule has 0 aliphatic carbocycles. The van der Waals surface area contributed by atoms with Gasteiger partial charge in [0, 0.05) is 44.4 Å². The van der Waals surface area contributed by atoms with Gasteiger partial charge in [-0.25, -0.2) is 14.3 Å². The number of sulfone groups is 1. The Morgan fingerprint density at radius 2 is 1.78 bits per heavy atom. The fourth-order valence-corrected chi connectivity index (χ4v) is 6.80. The van der Waals surface area contributed by atoms with Gasteiger partial charge in [-0.3, -0.25) is 19.4 Å². The molecular weight excluding hydrogens is 644 g/mol. The molecule has 1 aromatic rings. The molecule has 3 amide bonds. The zero-order valence-corrected chi connectivity index (χ0v) is 26.5. The molecule has 2 saturated heterocycles. The number of anilines is 1. The predicted molar refractivity (Wildman–Crippen MR) is 165 cm³/mol. The minimum atomic E-state index is -3.35. The first-order valence-corrected chi connectivity index (χ1v) is 16.6. The lowest BCUT2D eigenvalue weighted by molar-refractivity contribution is -0.134. The first kappa shape index (κ1) is 32.8. The van der Waals surface area contributed by atoms with Crippen LogP contribution in [0.5, 0.6) is 0 Å². The lowest BCUT2D eigenvalue weighted by atomic mass is 9.88. The maximum atomic E-state index is 13.1. The Morgan fingerprint density at radius 3 is 2.46 bits per heavy atom. The molecule has 0 saturated carbocycles. The molecule has 2 fully saturated rings. The van der Waals surface area contributed by atoms with Gasteiger partial charge in [-0.2, -0.15) is 4.99 Å². The normalized spacial score (nSPS) is 23.6. The van der Waals surface area contributed by atoms with E-state index in [2.05, 4.69) is 41.6 Å². The van der Waals surface area contributed by atoms with Crippen molar-refractivity contribution < 1.29 is 22.8 Å². The fraction of sp³-hybridized carbons (Fsp3) is 0.520. The number of amides is 3. The van der Waals surface area contributed by atoms with Crippen molar-refractivity contribution >= 4 is 50.8 Å². The number of likely N-dealkylation sites (tertiary alicyclic amines) is 1. The van der Waals surface area contributed by atoms with Crippen LogP contribution in [0.3, 0.4) is 0 Å². The highest BCUT2D eigenvalue weighted by atomic mass is 35.5. The molecular formula is C25H35ClN14O5S. The summed E-state index contributed by atoms with van der Waals surface area (Å²) in [5.41, 5.74) is 0.950. The van der Waals surface area contributed by atoms with Crippen LogP contribution in [0.25, 0.3) is 0 Å². The molecule has 1 aromatic carbocycles. The van der Waals surface area contributed by atoms with Crippen LogP contribution in [0.1, 0.15) is 31.2 Å². The molecule has 4 aliphatic heterocycles. The highest BCUT2D eigenvalue weighted by Gasteiger charge is 2.44. The summed E-state index contributed by atoms with van der Waals surface area (Å²) in [6.07, 6.45) is 1.83. The van der Waals surface area contributed by atoms with Crippen LogP contribution in [-0.4, -0.2) is 92.2 Å². The van der Waals surface area contributed by atoms with Crippen LogP contribution in [0.2, 0.25) is 0 Å². The van der Waals surface area contributed by atoms with Crippen molar-refractivity contribution in [3.8, 4) is 0 Å². The number of guanidine groups is 1. The maximum Gasteiger partial charge on any atom is 0.275 e. The second-order valence-corrected chi connectivity index (χ2v) is 13.8. The number of hydrogen-bond donors (Lipinski definition) is 6. The number of carbonyl (C=O) groups is 3. The van der Waals surface area contributed by atoms with E-state index in [1.165, 1.54) is 11.1 Å². The second-order valence-electron chi connectivity index (χ2n) is 11.4. The molecule has 0 aromatic heterocycles. The van der Waals surface area contributed by atoms with E-state index in [0.717, 1.165) is 11.8 Å². The zero-order valence-electron chi connectivity index (χ0n) is 24.9. The van der Waals surface area contributed by atoms with Crippen LogP contribution >= 0.6 is 11.6 Å². The van der Waals surface area contributed by atoms with Crippen molar-refractivity contribution in [3.63, 3.8) is 0 Å². The smallest absolute Gasteiger partial charge is 0.275 e. The van der Waals surface area contributed by atoms with E-state index in [9.17, 15) is 22.8 Å². The summed E-state index contributed by atoms with van der Waals surface area (Å²) in [6, 6.07) is 3.64. The predicted octanol–water partition coefficient (Wildman–Crippen LogP) is -1.31. The summed E-state index contributed by atoms with van der Waals surface area (Å²) in [4.78, 5) is 46.8. The SMILES string of the molecule is CS(=O)(=O)c1ccc2c(c1)CCN2C(=O)CCC(=O)N1CCC2(CC1)CN(N)/C(=N\C(=O)C1NC(Cl)=C(N=NN)NC1N=NN)N2. The number of fused-ring (bicyclic) bond motifs is 1. The Hall–Kier alpha value is -4.56. The molecule has 19 nitrogen and oxygen atoms in total. The molecule has 46 heavy (non-hydrogen) atoms. The largest absolute Gasteiger partial charge is 0.358 e. The van der Waals surface area contributed by atoms with Crippen molar-refractivity contribution in [1.29, 1.82) is 0 Å². The van der Waals surface area contributed by atoms with Crippen molar-refractivity contribution in [2.45, 2.75) is 54.7 Å². The topological polar surface area (TPSA) is 271 Å². The summed E-state index contributed by atoms with van der Waals surface area (Å²) in [7, 11) is -3.35. The monoisotopic (exact) mass is 678 g/mol. The van der Waals surface area contributed by atoms with E-state index in [0.29, 0.717) is 51.1 Å². The molecule has 21 heteroatoms. The number of rotatable bonds is 7. The average molecular weight is 679 g/mol. The number of benzene rings is 1. The molecule has 4 aliphatic rings. The van der Waals surface area contributed by atoms with E-state index in [4.69, 9.17) is 29.1 Å². The number of aliphatic imine (C=N–C) groups is 1. The van der Waals surface area contributed by atoms with E-state index in [-0.39, 0.29) is 46.5 Å². The van der Waals surface area contributed by atoms with Gasteiger partial charge in [0.2, 0.25) is 17.8 Å². The van der Waals surface area contributed by atoms with Crippen molar-refractivity contribution in [2.75, 3.05) is 37.3 Å². The molecule has 4 heterocycles. The number of carbonyl (C=O) groups excluding carboxylic acids is 3. The zero-order chi connectivity index (χ0) is 33.2. The van der Waals surface area contributed by atoms with E-state index in [1.807, 2.05) is 0 Å². The first-order valence-electron chi connectivity index (χ1n) is 14.3. The molecule has 2 unspecified atom stereocenters. The van der Waals surface area contributed by atoms with Crippen LogP contribution in [0, 0.1) is 0 Å². The Balaban J connectivity index is 1.14. The third kappa shape index (κ3) is 6.82. The molecule has 9 N–H and O–H groups in total. The van der Waals surface area contributed by atoms with Gasteiger partial charge < -0.3 is 37.4 Å². The van der Waals surface area contributed by atoms with Gasteiger partial charge in [0.15, 0.2) is 27.9 Å². The van der Waals surface area contributed by atoms with Gasteiger partial charge in [-0.05, 0) is 43.0 Å². The van der Waals surface area contributed by atoms with Crippen LogP contribution in [0.4, 0.5) is 5.69 Å². The Labute approximate surface area is 269 Å². The minimum Gasteiger partial charge on any atom is -0.358 e. The summed E-state index contributed by atoms with van der Waals surface area (Å²) in [5, 5.41) is 23.8. The van der Waals surface area contributed by atoms with Gasteiger partial charge in [-0.15, -0.1) is 10.2 Å². The lowest BCUT2D eigenvalue weighted by Gasteiger charge is -2.38. The van der Waals surface area contributed by atoms with Crippen molar-refractivity contribution in [2.24, 2.45) is 43.2 Å². The van der Waals surface area contributed by atoms with Gasteiger partial charge in [0.05, 0.1) is 17.0 Å². The van der Waals surface area contributed by atoms with Gasteiger partial charge in [0.1, 0.15) is 5.16 Å². The van der Waals surface area contributed by atoms with E-state index in [1.54, 1.807) is 21.9 Å². The van der Waals surface area contributed by atoms with Crippen LogP contribution in [0.15, 0.2) is 59.7 Å². The third-order valence-corrected chi connectivity index (χ3v) is 9.74.